The zero-order valence-electron chi connectivity index (χ0n) is 7.41. The molecule has 0 aliphatic carbocycles. The Hall–Kier alpha value is -1.51. The Morgan fingerprint density at radius 1 is 1.46 bits per heavy atom. The van der Waals surface area contributed by atoms with E-state index in [4.69, 9.17) is 4.74 Å². The molecule has 1 aliphatic heterocycles. The van der Waals surface area contributed by atoms with Crippen LogP contribution in [0.2, 0.25) is 0 Å². The molecule has 0 fully saturated rings. The van der Waals surface area contributed by atoms with E-state index in [9.17, 15) is 4.79 Å². The molecule has 1 heterocycles. The standard InChI is InChI=1S/C10H11NO2/c1-7-6-11-10(12)8-4-2-3-5-9(8)13-7/h2-5,7H,6H2,1H3,(H,11,12). The summed E-state index contributed by atoms with van der Waals surface area (Å²) in [5.41, 5.74) is 0.617. The van der Waals surface area contributed by atoms with Crippen LogP contribution in [0.1, 0.15) is 17.3 Å². The molecule has 1 aromatic rings. The summed E-state index contributed by atoms with van der Waals surface area (Å²) in [6, 6.07) is 7.28. The first kappa shape index (κ1) is 8.10. The molecule has 1 N–H and O–H groups in total. The highest BCUT2D eigenvalue weighted by Gasteiger charge is 2.18. The van der Waals surface area contributed by atoms with Crippen molar-refractivity contribution in [3.8, 4) is 5.75 Å². The van der Waals surface area contributed by atoms with E-state index < -0.39 is 0 Å². The number of carbonyl (C=O) groups excluding carboxylic acids is 1. The van der Waals surface area contributed by atoms with Crippen LogP contribution < -0.4 is 10.1 Å². The number of carbonyl (C=O) groups is 1. The number of fused-ring (bicyclic) bond motifs is 1. The number of ether oxygens (including phenoxy) is 1. The summed E-state index contributed by atoms with van der Waals surface area (Å²) in [4.78, 5) is 11.5. The maximum atomic E-state index is 11.5. The zero-order chi connectivity index (χ0) is 9.26. The lowest BCUT2D eigenvalue weighted by Gasteiger charge is -2.10. The van der Waals surface area contributed by atoms with Crippen LogP contribution in [0.4, 0.5) is 0 Å². The second-order valence-corrected chi connectivity index (χ2v) is 3.13. The molecule has 0 saturated carbocycles. The molecule has 0 bridgehead atoms. The van der Waals surface area contributed by atoms with Crippen molar-refractivity contribution < 1.29 is 9.53 Å². The minimum absolute atomic E-state index is 0.0348. The number of nitrogens with one attached hydrogen (secondary N) is 1. The number of rotatable bonds is 0. The van der Waals surface area contributed by atoms with Gasteiger partial charge in [-0.2, -0.15) is 0 Å². The third kappa shape index (κ3) is 1.49. The molecule has 0 aromatic heterocycles. The van der Waals surface area contributed by atoms with Crippen LogP contribution in [0, 0.1) is 0 Å². The first-order valence-electron chi connectivity index (χ1n) is 4.31. The second-order valence-electron chi connectivity index (χ2n) is 3.13. The largest absolute Gasteiger partial charge is 0.488 e. The predicted octanol–water partition coefficient (Wildman–Crippen LogP) is 1.20. The Kier molecular flexibility index (Phi) is 1.93. The summed E-state index contributed by atoms with van der Waals surface area (Å²) >= 11 is 0. The van der Waals surface area contributed by atoms with Crippen molar-refractivity contribution in [3.05, 3.63) is 29.8 Å². The molecular formula is C10H11NO2. The summed E-state index contributed by atoms with van der Waals surface area (Å²) in [5, 5.41) is 2.79. The molecule has 0 radical (unpaired) electrons. The SMILES string of the molecule is CC1CNC(=O)c2ccccc2O1. The molecule has 1 aromatic carbocycles. The van der Waals surface area contributed by atoms with Crippen molar-refractivity contribution in [2.45, 2.75) is 13.0 Å². The smallest absolute Gasteiger partial charge is 0.255 e. The van der Waals surface area contributed by atoms with Gasteiger partial charge in [0.15, 0.2) is 0 Å². The van der Waals surface area contributed by atoms with Crippen LogP contribution in [-0.2, 0) is 0 Å². The average molecular weight is 177 g/mol. The van der Waals surface area contributed by atoms with E-state index in [1.807, 2.05) is 25.1 Å². The third-order valence-corrected chi connectivity index (χ3v) is 2.01. The fourth-order valence-corrected chi connectivity index (χ4v) is 1.35. The summed E-state index contributed by atoms with van der Waals surface area (Å²) in [7, 11) is 0. The van der Waals surface area contributed by atoms with E-state index in [-0.39, 0.29) is 12.0 Å². The number of amides is 1. The lowest BCUT2D eigenvalue weighted by atomic mass is 10.2. The van der Waals surface area contributed by atoms with Gasteiger partial charge in [-0.25, -0.2) is 0 Å². The van der Waals surface area contributed by atoms with Gasteiger partial charge in [0, 0.05) is 0 Å². The number of hydrogen-bond acceptors (Lipinski definition) is 2. The molecule has 3 nitrogen and oxygen atoms in total. The molecule has 13 heavy (non-hydrogen) atoms. The first-order chi connectivity index (χ1) is 6.27. The van der Waals surface area contributed by atoms with Gasteiger partial charge in [-0.05, 0) is 19.1 Å². The van der Waals surface area contributed by atoms with Crippen molar-refractivity contribution in [2.75, 3.05) is 6.54 Å². The van der Waals surface area contributed by atoms with Crippen molar-refractivity contribution in [3.63, 3.8) is 0 Å². The normalized spacial score (nSPS) is 21.0. The highest BCUT2D eigenvalue weighted by atomic mass is 16.5. The van der Waals surface area contributed by atoms with Crippen LogP contribution in [0.3, 0.4) is 0 Å². The number of hydrogen-bond donors (Lipinski definition) is 1. The fourth-order valence-electron chi connectivity index (χ4n) is 1.35. The maximum absolute atomic E-state index is 11.5. The minimum Gasteiger partial charge on any atom is -0.488 e. The van der Waals surface area contributed by atoms with Gasteiger partial charge < -0.3 is 10.1 Å². The van der Waals surface area contributed by atoms with Crippen LogP contribution in [-0.4, -0.2) is 18.6 Å². The molecule has 68 valence electrons. The first-order valence-corrected chi connectivity index (χ1v) is 4.31. The fraction of sp³-hybridized carbons (Fsp3) is 0.300. The van der Waals surface area contributed by atoms with Crippen molar-refractivity contribution in [1.82, 2.24) is 5.32 Å². The highest BCUT2D eigenvalue weighted by molar-refractivity contribution is 5.97. The van der Waals surface area contributed by atoms with Gasteiger partial charge in [0.05, 0.1) is 12.1 Å². The van der Waals surface area contributed by atoms with Crippen molar-refractivity contribution in [2.24, 2.45) is 0 Å². The van der Waals surface area contributed by atoms with Gasteiger partial charge in [-0.3, -0.25) is 4.79 Å². The molecule has 2 rings (SSSR count). The topological polar surface area (TPSA) is 38.3 Å². The van der Waals surface area contributed by atoms with E-state index in [0.29, 0.717) is 17.9 Å². The Morgan fingerprint density at radius 3 is 3.08 bits per heavy atom. The van der Waals surface area contributed by atoms with Gasteiger partial charge >= 0.3 is 0 Å². The predicted molar refractivity (Wildman–Crippen MR) is 48.9 cm³/mol. The Bertz CT molecular complexity index is 335. The Balaban J connectivity index is 2.43. The zero-order valence-corrected chi connectivity index (χ0v) is 7.41. The summed E-state index contributed by atoms with van der Waals surface area (Å²) in [6.45, 7) is 2.50. The second kappa shape index (κ2) is 3.09. The minimum atomic E-state index is -0.0556. The summed E-state index contributed by atoms with van der Waals surface area (Å²) in [6.07, 6.45) is 0.0348. The average Bonchev–Trinajstić information content (AvgIpc) is 2.27. The highest BCUT2D eigenvalue weighted by Crippen LogP contribution is 2.20. The quantitative estimate of drug-likeness (QED) is 0.646. The Morgan fingerprint density at radius 2 is 2.23 bits per heavy atom. The summed E-state index contributed by atoms with van der Waals surface area (Å²) < 4.78 is 5.54. The maximum Gasteiger partial charge on any atom is 0.255 e. The van der Waals surface area contributed by atoms with Gasteiger partial charge in [0.2, 0.25) is 0 Å². The van der Waals surface area contributed by atoms with Crippen molar-refractivity contribution in [1.29, 1.82) is 0 Å². The Labute approximate surface area is 76.7 Å². The van der Waals surface area contributed by atoms with Crippen molar-refractivity contribution >= 4 is 5.91 Å². The molecule has 1 amide bonds. The molecular weight excluding hydrogens is 166 g/mol. The molecule has 0 saturated heterocycles. The monoisotopic (exact) mass is 177 g/mol. The molecule has 3 heteroatoms. The van der Waals surface area contributed by atoms with E-state index in [1.165, 1.54) is 0 Å². The lowest BCUT2D eigenvalue weighted by molar-refractivity contribution is 0.0952. The van der Waals surface area contributed by atoms with Gasteiger partial charge in [-0.1, -0.05) is 12.1 Å². The van der Waals surface area contributed by atoms with Gasteiger partial charge in [-0.15, -0.1) is 0 Å². The molecule has 0 spiro atoms. The van der Waals surface area contributed by atoms with Gasteiger partial charge in [0.1, 0.15) is 11.9 Å². The summed E-state index contributed by atoms with van der Waals surface area (Å²) in [5.74, 6) is 0.616. The molecule has 1 unspecified atom stereocenters. The molecule has 1 atom stereocenters. The third-order valence-electron chi connectivity index (χ3n) is 2.01. The number of benzene rings is 1. The van der Waals surface area contributed by atoms with E-state index in [0.717, 1.165) is 0 Å². The van der Waals surface area contributed by atoms with E-state index in [1.54, 1.807) is 6.07 Å². The van der Waals surface area contributed by atoms with Crippen LogP contribution >= 0.6 is 0 Å². The number of para-hydroxylation sites is 1. The van der Waals surface area contributed by atoms with Crippen LogP contribution in [0.25, 0.3) is 0 Å². The lowest BCUT2D eigenvalue weighted by Crippen LogP contribution is -2.29. The van der Waals surface area contributed by atoms with Gasteiger partial charge in [0.25, 0.3) is 5.91 Å². The van der Waals surface area contributed by atoms with Crippen LogP contribution in [0.5, 0.6) is 5.75 Å². The van der Waals surface area contributed by atoms with E-state index in [2.05, 4.69) is 5.32 Å². The van der Waals surface area contributed by atoms with E-state index >= 15 is 0 Å². The van der Waals surface area contributed by atoms with Crippen LogP contribution in [0.15, 0.2) is 24.3 Å². The molecule has 1 aliphatic rings.